The molecule has 138 valence electrons. The standard InChI is InChI=1S/C15H17F3N4O2.ClH/c1-22-7-6-19-8-11(22)14-20-13(24-21-14)9-23-12-5-3-2-4-10(12)15(16,17)18;/h2-5,11,19H,6-9H2,1H3;1H. The molecule has 1 aliphatic rings. The van der Waals surface area contributed by atoms with Gasteiger partial charge in [-0.3, -0.25) is 4.90 Å². The SMILES string of the molecule is CN1CCNCC1c1noc(COc2ccccc2C(F)(F)F)n1.Cl. The fraction of sp³-hybridized carbons (Fsp3) is 0.467. The van der Waals surface area contributed by atoms with Crippen molar-refractivity contribution in [2.75, 3.05) is 26.7 Å². The van der Waals surface area contributed by atoms with Gasteiger partial charge in [-0.05, 0) is 19.2 Å². The zero-order valence-electron chi connectivity index (χ0n) is 13.4. The van der Waals surface area contributed by atoms with Gasteiger partial charge in [0, 0.05) is 19.6 Å². The summed E-state index contributed by atoms with van der Waals surface area (Å²) < 4.78 is 49.1. The first-order valence-electron chi connectivity index (χ1n) is 7.47. The van der Waals surface area contributed by atoms with Crippen LogP contribution >= 0.6 is 12.4 Å². The molecule has 10 heteroatoms. The molecule has 1 saturated heterocycles. The van der Waals surface area contributed by atoms with E-state index in [-0.39, 0.29) is 36.7 Å². The molecule has 25 heavy (non-hydrogen) atoms. The molecule has 0 amide bonds. The molecule has 0 aliphatic carbocycles. The average molecular weight is 379 g/mol. The molecule has 3 rings (SSSR count). The van der Waals surface area contributed by atoms with Crippen molar-refractivity contribution in [2.24, 2.45) is 0 Å². The number of alkyl halides is 3. The van der Waals surface area contributed by atoms with Gasteiger partial charge in [0.1, 0.15) is 5.75 Å². The lowest BCUT2D eigenvalue weighted by atomic mass is 10.2. The molecule has 0 radical (unpaired) electrons. The minimum Gasteiger partial charge on any atom is -0.483 e. The Balaban J connectivity index is 0.00000225. The minimum absolute atomic E-state index is 0. The van der Waals surface area contributed by atoms with Crippen LogP contribution in [0.4, 0.5) is 13.2 Å². The molecule has 1 aliphatic heterocycles. The van der Waals surface area contributed by atoms with Gasteiger partial charge in [-0.15, -0.1) is 12.4 Å². The molecule has 2 heterocycles. The highest BCUT2D eigenvalue weighted by molar-refractivity contribution is 5.85. The minimum atomic E-state index is -4.48. The number of halogens is 4. The van der Waals surface area contributed by atoms with Gasteiger partial charge in [0.05, 0.1) is 11.6 Å². The smallest absolute Gasteiger partial charge is 0.419 e. The van der Waals surface area contributed by atoms with E-state index in [0.717, 1.165) is 19.2 Å². The first-order valence-corrected chi connectivity index (χ1v) is 7.47. The predicted octanol–water partition coefficient (Wildman–Crippen LogP) is 2.67. The van der Waals surface area contributed by atoms with Gasteiger partial charge in [-0.25, -0.2) is 0 Å². The van der Waals surface area contributed by atoms with Crippen LogP contribution in [0.5, 0.6) is 5.75 Å². The highest BCUT2D eigenvalue weighted by atomic mass is 35.5. The summed E-state index contributed by atoms with van der Waals surface area (Å²) in [5.74, 6) is 0.370. The van der Waals surface area contributed by atoms with E-state index < -0.39 is 11.7 Å². The summed E-state index contributed by atoms with van der Waals surface area (Å²) in [7, 11) is 1.96. The molecule has 1 atom stereocenters. The number of aromatic nitrogens is 2. The second-order valence-electron chi connectivity index (χ2n) is 5.53. The molecular weight excluding hydrogens is 361 g/mol. The molecule has 1 unspecified atom stereocenters. The number of likely N-dealkylation sites (N-methyl/N-ethyl adjacent to an activating group) is 1. The maximum Gasteiger partial charge on any atom is 0.419 e. The Hall–Kier alpha value is -1.84. The molecule has 1 N–H and O–H groups in total. The van der Waals surface area contributed by atoms with Gasteiger partial charge in [-0.1, -0.05) is 17.3 Å². The Morgan fingerprint density at radius 3 is 2.84 bits per heavy atom. The molecule has 0 bridgehead atoms. The third-order valence-electron chi connectivity index (χ3n) is 3.84. The second-order valence-corrected chi connectivity index (χ2v) is 5.53. The van der Waals surface area contributed by atoms with E-state index in [9.17, 15) is 13.2 Å². The highest BCUT2D eigenvalue weighted by Crippen LogP contribution is 2.36. The van der Waals surface area contributed by atoms with E-state index in [1.54, 1.807) is 0 Å². The number of rotatable bonds is 4. The number of para-hydroxylation sites is 1. The molecular formula is C15H18ClF3N4O2. The number of hydrogen-bond donors (Lipinski definition) is 1. The van der Waals surface area contributed by atoms with Gasteiger partial charge in [0.2, 0.25) is 0 Å². The summed E-state index contributed by atoms with van der Waals surface area (Å²) in [5.41, 5.74) is -0.832. The number of piperazine rings is 1. The Bertz CT molecular complexity index is 695. The summed E-state index contributed by atoms with van der Waals surface area (Å²) in [4.78, 5) is 6.31. The Morgan fingerprint density at radius 2 is 2.12 bits per heavy atom. The van der Waals surface area contributed by atoms with Crippen molar-refractivity contribution in [1.82, 2.24) is 20.4 Å². The summed E-state index contributed by atoms with van der Waals surface area (Å²) in [6.45, 7) is 2.20. The van der Waals surface area contributed by atoms with E-state index in [1.807, 2.05) is 7.05 Å². The number of benzene rings is 1. The van der Waals surface area contributed by atoms with Crippen LogP contribution in [0.3, 0.4) is 0 Å². The molecule has 0 spiro atoms. The van der Waals surface area contributed by atoms with Crippen molar-refractivity contribution in [1.29, 1.82) is 0 Å². The number of nitrogens with one attached hydrogen (secondary N) is 1. The predicted molar refractivity (Wildman–Crippen MR) is 85.6 cm³/mol. The van der Waals surface area contributed by atoms with E-state index >= 15 is 0 Å². The zero-order chi connectivity index (χ0) is 17.2. The van der Waals surface area contributed by atoms with E-state index in [2.05, 4.69) is 20.4 Å². The topological polar surface area (TPSA) is 63.4 Å². The summed E-state index contributed by atoms with van der Waals surface area (Å²) in [6, 6.07) is 4.99. The molecule has 1 aromatic carbocycles. The van der Waals surface area contributed by atoms with Crippen molar-refractivity contribution in [2.45, 2.75) is 18.8 Å². The van der Waals surface area contributed by atoms with Crippen molar-refractivity contribution >= 4 is 12.4 Å². The lowest BCUT2D eigenvalue weighted by Crippen LogP contribution is -2.44. The third kappa shape index (κ3) is 4.62. The van der Waals surface area contributed by atoms with Crippen molar-refractivity contribution in [3.05, 3.63) is 41.5 Å². The molecule has 2 aromatic rings. The third-order valence-corrected chi connectivity index (χ3v) is 3.84. The number of ether oxygens (including phenoxy) is 1. The van der Waals surface area contributed by atoms with Gasteiger partial charge in [-0.2, -0.15) is 18.2 Å². The van der Waals surface area contributed by atoms with E-state index in [0.29, 0.717) is 12.4 Å². The quantitative estimate of drug-likeness (QED) is 0.882. The molecule has 0 saturated carbocycles. The summed E-state index contributed by atoms with van der Waals surface area (Å²) in [5, 5.41) is 7.14. The summed E-state index contributed by atoms with van der Waals surface area (Å²) in [6.07, 6.45) is -4.48. The fourth-order valence-electron chi connectivity index (χ4n) is 2.52. The largest absolute Gasteiger partial charge is 0.483 e. The molecule has 6 nitrogen and oxygen atoms in total. The first kappa shape index (κ1) is 19.5. The van der Waals surface area contributed by atoms with Crippen LogP contribution < -0.4 is 10.1 Å². The van der Waals surface area contributed by atoms with Crippen molar-refractivity contribution in [3.8, 4) is 5.75 Å². The fourth-order valence-corrected chi connectivity index (χ4v) is 2.52. The van der Waals surface area contributed by atoms with Crippen LogP contribution in [0, 0.1) is 0 Å². The monoisotopic (exact) mass is 378 g/mol. The maximum absolute atomic E-state index is 12.9. The second kappa shape index (κ2) is 8.03. The van der Waals surface area contributed by atoms with Crippen LogP contribution in [0.2, 0.25) is 0 Å². The van der Waals surface area contributed by atoms with Gasteiger partial charge < -0.3 is 14.6 Å². The summed E-state index contributed by atoms with van der Waals surface area (Å²) >= 11 is 0. The maximum atomic E-state index is 12.9. The number of nitrogens with zero attached hydrogens (tertiary/aromatic N) is 3. The normalized spacial score (nSPS) is 18.6. The van der Waals surface area contributed by atoms with Gasteiger partial charge in [0.15, 0.2) is 12.4 Å². The van der Waals surface area contributed by atoms with Crippen LogP contribution in [-0.2, 0) is 12.8 Å². The highest BCUT2D eigenvalue weighted by Gasteiger charge is 2.34. The van der Waals surface area contributed by atoms with Crippen LogP contribution in [0.15, 0.2) is 28.8 Å². The van der Waals surface area contributed by atoms with Gasteiger partial charge in [0.25, 0.3) is 5.89 Å². The van der Waals surface area contributed by atoms with Crippen LogP contribution in [0.25, 0.3) is 0 Å². The molecule has 1 fully saturated rings. The van der Waals surface area contributed by atoms with Gasteiger partial charge >= 0.3 is 6.18 Å². The first-order chi connectivity index (χ1) is 11.4. The van der Waals surface area contributed by atoms with Crippen molar-refractivity contribution in [3.63, 3.8) is 0 Å². The van der Waals surface area contributed by atoms with E-state index in [4.69, 9.17) is 9.26 Å². The average Bonchev–Trinajstić information content (AvgIpc) is 3.01. The Morgan fingerprint density at radius 1 is 1.36 bits per heavy atom. The zero-order valence-corrected chi connectivity index (χ0v) is 14.2. The van der Waals surface area contributed by atoms with E-state index in [1.165, 1.54) is 18.2 Å². The Kier molecular flexibility index (Phi) is 6.26. The lowest BCUT2D eigenvalue weighted by molar-refractivity contribution is -0.139. The lowest BCUT2D eigenvalue weighted by Gasteiger charge is -2.30. The van der Waals surface area contributed by atoms with Crippen LogP contribution in [0.1, 0.15) is 23.3 Å². The number of hydrogen-bond acceptors (Lipinski definition) is 6. The van der Waals surface area contributed by atoms with Crippen molar-refractivity contribution < 1.29 is 22.4 Å². The molecule has 1 aromatic heterocycles. The Labute approximate surface area is 148 Å². The van der Waals surface area contributed by atoms with Crippen LogP contribution in [-0.4, -0.2) is 41.7 Å².